The third kappa shape index (κ3) is 7.72. The fourth-order valence-corrected chi connectivity index (χ4v) is 2.36. The monoisotopic (exact) mass is 309 g/mol. The van der Waals surface area contributed by atoms with Crippen LogP contribution in [-0.2, 0) is 9.59 Å². The van der Waals surface area contributed by atoms with Crippen molar-refractivity contribution < 1.29 is 9.59 Å². The van der Waals surface area contributed by atoms with Crippen molar-refractivity contribution in [2.24, 2.45) is 5.73 Å². The number of para-hydroxylation sites is 1. The topological polar surface area (TPSA) is 84.2 Å². The Morgan fingerprint density at radius 2 is 1.90 bits per heavy atom. The lowest BCUT2D eigenvalue weighted by Gasteiger charge is -2.20. The van der Waals surface area contributed by atoms with Crippen molar-refractivity contribution >= 4 is 29.3 Å². The second-order valence-electron chi connectivity index (χ2n) is 5.73. The SMILES string of the molecule is CC(C)(C)NCCC(=O)Nc1ccccc1SCC(N)=O. The molecule has 4 N–H and O–H groups in total. The van der Waals surface area contributed by atoms with E-state index in [2.05, 4.69) is 31.4 Å². The van der Waals surface area contributed by atoms with Gasteiger partial charge in [-0.15, -0.1) is 11.8 Å². The van der Waals surface area contributed by atoms with Crippen molar-refractivity contribution in [2.75, 3.05) is 17.6 Å². The fourth-order valence-electron chi connectivity index (χ4n) is 1.61. The van der Waals surface area contributed by atoms with Crippen molar-refractivity contribution in [1.29, 1.82) is 0 Å². The first kappa shape index (κ1) is 17.5. The minimum absolute atomic E-state index is 0.00444. The van der Waals surface area contributed by atoms with E-state index >= 15 is 0 Å². The molecule has 0 spiro atoms. The summed E-state index contributed by atoms with van der Waals surface area (Å²) in [5.41, 5.74) is 5.85. The van der Waals surface area contributed by atoms with Gasteiger partial charge in [-0.05, 0) is 32.9 Å². The summed E-state index contributed by atoms with van der Waals surface area (Å²) in [5, 5.41) is 6.13. The smallest absolute Gasteiger partial charge is 0.227 e. The summed E-state index contributed by atoms with van der Waals surface area (Å²) in [6, 6.07) is 7.38. The number of hydrogen-bond acceptors (Lipinski definition) is 4. The van der Waals surface area contributed by atoms with E-state index in [0.717, 1.165) is 4.90 Å². The molecule has 1 aromatic rings. The first-order chi connectivity index (χ1) is 9.78. The molecule has 21 heavy (non-hydrogen) atoms. The largest absolute Gasteiger partial charge is 0.369 e. The van der Waals surface area contributed by atoms with Crippen LogP contribution in [0.25, 0.3) is 0 Å². The van der Waals surface area contributed by atoms with E-state index in [-0.39, 0.29) is 23.1 Å². The van der Waals surface area contributed by atoms with Crippen LogP contribution < -0.4 is 16.4 Å². The number of hydrogen-bond donors (Lipinski definition) is 3. The molecule has 0 saturated heterocycles. The summed E-state index contributed by atoms with van der Waals surface area (Å²) < 4.78 is 0. The molecule has 0 aliphatic rings. The summed E-state index contributed by atoms with van der Waals surface area (Å²) in [5.74, 6) is -0.243. The highest BCUT2D eigenvalue weighted by atomic mass is 32.2. The van der Waals surface area contributed by atoms with Gasteiger partial charge in [0.05, 0.1) is 11.4 Å². The average molecular weight is 309 g/mol. The molecule has 0 fully saturated rings. The molecule has 1 rings (SSSR count). The van der Waals surface area contributed by atoms with Gasteiger partial charge < -0.3 is 16.4 Å². The zero-order valence-electron chi connectivity index (χ0n) is 12.7. The van der Waals surface area contributed by atoms with E-state index in [0.29, 0.717) is 18.7 Å². The lowest BCUT2D eigenvalue weighted by Crippen LogP contribution is -2.37. The van der Waals surface area contributed by atoms with Crippen molar-refractivity contribution in [3.05, 3.63) is 24.3 Å². The van der Waals surface area contributed by atoms with Crippen LogP contribution in [0.3, 0.4) is 0 Å². The standard InChI is InChI=1S/C15H23N3O2S/c1-15(2,3)17-9-8-14(20)18-11-6-4-5-7-12(11)21-10-13(16)19/h4-7,17H,8-10H2,1-3H3,(H2,16,19)(H,18,20). The lowest BCUT2D eigenvalue weighted by atomic mass is 10.1. The summed E-state index contributed by atoms with van der Waals surface area (Å²) >= 11 is 1.32. The van der Waals surface area contributed by atoms with Gasteiger partial charge >= 0.3 is 0 Å². The Morgan fingerprint density at radius 3 is 2.52 bits per heavy atom. The Hall–Kier alpha value is -1.53. The molecule has 0 aromatic heterocycles. The van der Waals surface area contributed by atoms with Gasteiger partial charge in [0.15, 0.2) is 0 Å². The molecule has 0 bridgehead atoms. The van der Waals surface area contributed by atoms with E-state index in [1.807, 2.05) is 24.3 Å². The molecular formula is C15H23N3O2S. The number of benzene rings is 1. The maximum atomic E-state index is 11.9. The zero-order valence-corrected chi connectivity index (χ0v) is 13.5. The van der Waals surface area contributed by atoms with Gasteiger partial charge in [-0.2, -0.15) is 0 Å². The van der Waals surface area contributed by atoms with E-state index in [9.17, 15) is 9.59 Å². The Balaban J connectivity index is 2.53. The zero-order chi connectivity index (χ0) is 15.9. The molecule has 1 aromatic carbocycles. The number of nitrogens with two attached hydrogens (primary N) is 1. The molecule has 6 heteroatoms. The number of anilines is 1. The van der Waals surface area contributed by atoms with Crippen LogP contribution in [0.2, 0.25) is 0 Å². The Labute approximate surface area is 130 Å². The summed E-state index contributed by atoms with van der Waals surface area (Å²) in [6.45, 7) is 6.79. The van der Waals surface area contributed by atoms with Gasteiger partial charge in [0.1, 0.15) is 0 Å². The Morgan fingerprint density at radius 1 is 1.24 bits per heavy atom. The van der Waals surface area contributed by atoms with E-state index in [1.165, 1.54) is 11.8 Å². The number of primary amides is 1. The summed E-state index contributed by atoms with van der Waals surface area (Å²) in [6.07, 6.45) is 0.395. The summed E-state index contributed by atoms with van der Waals surface area (Å²) in [4.78, 5) is 23.6. The number of carbonyl (C=O) groups is 2. The molecule has 0 heterocycles. The third-order valence-electron chi connectivity index (χ3n) is 2.54. The fraction of sp³-hybridized carbons (Fsp3) is 0.467. The number of nitrogens with one attached hydrogen (secondary N) is 2. The van der Waals surface area contributed by atoms with Crippen LogP contribution in [0.1, 0.15) is 27.2 Å². The van der Waals surface area contributed by atoms with E-state index in [4.69, 9.17) is 5.73 Å². The van der Waals surface area contributed by atoms with Gasteiger partial charge in [0, 0.05) is 23.4 Å². The van der Waals surface area contributed by atoms with Crippen LogP contribution in [0.15, 0.2) is 29.2 Å². The second kappa shape index (κ2) is 8.05. The van der Waals surface area contributed by atoms with Crippen molar-refractivity contribution in [2.45, 2.75) is 37.6 Å². The first-order valence-electron chi connectivity index (χ1n) is 6.83. The minimum atomic E-state index is -0.379. The van der Waals surface area contributed by atoms with Crippen LogP contribution in [0, 0.1) is 0 Å². The molecule has 5 nitrogen and oxygen atoms in total. The molecule has 0 unspecified atom stereocenters. The molecule has 116 valence electrons. The van der Waals surface area contributed by atoms with Gasteiger partial charge in [0.2, 0.25) is 11.8 Å². The van der Waals surface area contributed by atoms with Crippen LogP contribution in [-0.4, -0.2) is 29.7 Å². The maximum Gasteiger partial charge on any atom is 0.227 e. The molecule has 0 aliphatic carbocycles. The third-order valence-corrected chi connectivity index (χ3v) is 3.63. The minimum Gasteiger partial charge on any atom is -0.369 e. The first-order valence-corrected chi connectivity index (χ1v) is 7.81. The number of thioether (sulfide) groups is 1. The van der Waals surface area contributed by atoms with Gasteiger partial charge in [-0.25, -0.2) is 0 Å². The quantitative estimate of drug-likeness (QED) is 0.672. The van der Waals surface area contributed by atoms with Crippen molar-refractivity contribution in [3.8, 4) is 0 Å². The van der Waals surface area contributed by atoms with E-state index < -0.39 is 0 Å². The molecule has 0 atom stereocenters. The van der Waals surface area contributed by atoms with Gasteiger partial charge in [-0.3, -0.25) is 9.59 Å². The highest BCUT2D eigenvalue weighted by molar-refractivity contribution is 8.00. The van der Waals surface area contributed by atoms with Crippen LogP contribution >= 0.6 is 11.8 Å². The molecule has 0 saturated carbocycles. The highest BCUT2D eigenvalue weighted by Gasteiger charge is 2.11. The number of amides is 2. The molecule has 0 aliphatic heterocycles. The average Bonchev–Trinajstić information content (AvgIpc) is 2.36. The van der Waals surface area contributed by atoms with Crippen LogP contribution in [0.4, 0.5) is 5.69 Å². The van der Waals surface area contributed by atoms with Gasteiger partial charge in [0.25, 0.3) is 0 Å². The van der Waals surface area contributed by atoms with Crippen molar-refractivity contribution in [1.82, 2.24) is 5.32 Å². The molecule has 0 radical (unpaired) electrons. The van der Waals surface area contributed by atoms with Gasteiger partial charge in [-0.1, -0.05) is 12.1 Å². The van der Waals surface area contributed by atoms with Crippen LogP contribution in [0.5, 0.6) is 0 Å². The predicted molar refractivity (Wildman–Crippen MR) is 87.4 cm³/mol. The molecular weight excluding hydrogens is 286 g/mol. The summed E-state index contributed by atoms with van der Waals surface area (Å²) in [7, 11) is 0. The normalized spacial score (nSPS) is 11.2. The lowest BCUT2D eigenvalue weighted by molar-refractivity contribution is -0.116. The maximum absolute atomic E-state index is 11.9. The number of carbonyl (C=O) groups excluding carboxylic acids is 2. The predicted octanol–water partition coefficient (Wildman–Crippen LogP) is 1.98. The second-order valence-corrected chi connectivity index (χ2v) is 6.74. The van der Waals surface area contributed by atoms with E-state index in [1.54, 1.807) is 0 Å². The molecule has 2 amide bonds. The number of rotatable bonds is 7. The highest BCUT2D eigenvalue weighted by Crippen LogP contribution is 2.26. The Kier molecular flexibility index (Phi) is 6.71. The Bertz CT molecular complexity index is 498. The van der Waals surface area contributed by atoms with Crippen molar-refractivity contribution in [3.63, 3.8) is 0 Å².